The molecule has 0 saturated heterocycles. The van der Waals surface area contributed by atoms with Gasteiger partial charge in [-0.1, -0.05) is 281 Å². The van der Waals surface area contributed by atoms with E-state index < -0.39 is 26.5 Å². The monoisotopic (exact) mass is 1060 g/mol. The van der Waals surface area contributed by atoms with Crippen molar-refractivity contribution in [2.45, 2.75) is 302 Å². The van der Waals surface area contributed by atoms with E-state index in [-0.39, 0.29) is 25.6 Å². The van der Waals surface area contributed by atoms with Crippen LogP contribution in [0.4, 0.5) is 0 Å². The van der Waals surface area contributed by atoms with Crippen LogP contribution in [0, 0.1) is 0 Å². The minimum atomic E-state index is -4.39. The molecule has 1 N–H and O–H groups in total. The summed E-state index contributed by atoms with van der Waals surface area (Å²) in [5, 5.41) is 0. The van der Waals surface area contributed by atoms with Crippen LogP contribution in [-0.4, -0.2) is 74.9 Å². The van der Waals surface area contributed by atoms with E-state index >= 15 is 0 Å². The summed E-state index contributed by atoms with van der Waals surface area (Å²) < 4.78 is 34.7. The summed E-state index contributed by atoms with van der Waals surface area (Å²) in [6.45, 7) is 4.37. The van der Waals surface area contributed by atoms with E-state index in [1.165, 1.54) is 199 Å². The standard InChI is InChI=1S/C64H120NO8P/c1-6-8-10-12-14-16-18-20-22-24-26-28-30-32-34-36-38-40-42-44-46-48-50-52-54-56-63(66)70-60-62(61-72-74(68,69)71-59-58-65(3,4)5)73-64(67)57-55-53-51-49-47-45-43-41-39-37-35-33-31-29-27-25-23-21-19-17-15-13-11-9-7-2/h9,11,15,17,21,23,27,29,62H,6-8,10,12-14,16,18-20,22,24-26,28,30-61H2,1-5H3/p+1/b11-9-,17-15-,23-21-,29-27-. The summed E-state index contributed by atoms with van der Waals surface area (Å²) in [6, 6.07) is 0. The number of quaternary nitrogens is 1. The molecule has 0 fully saturated rings. The van der Waals surface area contributed by atoms with Crippen LogP contribution in [0.25, 0.3) is 0 Å². The van der Waals surface area contributed by atoms with Crippen molar-refractivity contribution in [1.29, 1.82) is 0 Å². The Morgan fingerprint density at radius 3 is 1.15 bits per heavy atom. The molecule has 434 valence electrons. The average Bonchev–Trinajstić information content (AvgIpc) is 3.36. The predicted molar refractivity (Wildman–Crippen MR) is 317 cm³/mol. The Balaban J connectivity index is 4.09. The molecular weight excluding hydrogens is 942 g/mol. The van der Waals surface area contributed by atoms with Crippen molar-refractivity contribution in [3.05, 3.63) is 48.6 Å². The molecule has 74 heavy (non-hydrogen) atoms. The van der Waals surface area contributed by atoms with Crippen molar-refractivity contribution in [3.63, 3.8) is 0 Å². The van der Waals surface area contributed by atoms with E-state index in [0.29, 0.717) is 23.9 Å². The number of hydrogen-bond donors (Lipinski definition) is 1. The number of nitrogens with zero attached hydrogens (tertiary/aromatic N) is 1. The summed E-state index contributed by atoms with van der Waals surface area (Å²) in [5.74, 6) is -0.785. The molecule has 0 heterocycles. The molecule has 0 spiro atoms. The molecular formula is C64H121NO8P+. The maximum Gasteiger partial charge on any atom is 0.472 e. The molecule has 0 rings (SSSR count). The first-order valence-corrected chi connectivity index (χ1v) is 32.9. The minimum Gasteiger partial charge on any atom is -0.462 e. The Morgan fingerprint density at radius 1 is 0.432 bits per heavy atom. The molecule has 0 bridgehead atoms. The van der Waals surface area contributed by atoms with Crippen LogP contribution in [0.1, 0.15) is 296 Å². The van der Waals surface area contributed by atoms with Gasteiger partial charge < -0.3 is 18.9 Å². The lowest BCUT2D eigenvalue weighted by molar-refractivity contribution is -0.870. The maximum atomic E-state index is 12.8. The van der Waals surface area contributed by atoms with Gasteiger partial charge in [-0.05, 0) is 51.4 Å². The van der Waals surface area contributed by atoms with Gasteiger partial charge in [-0.15, -0.1) is 0 Å². The first-order chi connectivity index (χ1) is 36.0. The van der Waals surface area contributed by atoms with Gasteiger partial charge in [0.25, 0.3) is 0 Å². The van der Waals surface area contributed by atoms with Gasteiger partial charge in [0.1, 0.15) is 19.8 Å². The first kappa shape index (κ1) is 72.0. The van der Waals surface area contributed by atoms with Gasteiger partial charge in [-0.2, -0.15) is 0 Å². The SMILES string of the molecule is CC/C=C\C/C=C\C/C=C\C/C=C\CCCCCCCCCCCCCCC(=O)OC(COC(=O)CCCCCCCCCCCCCCCCCCCCCCCCCCC)COP(=O)(O)OCC[N+](C)(C)C. The van der Waals surface area contributed by atoms with Crippen LogP contribution in [0.2, 0.25) is 0 Å². The highest BCUT2D eigenvalue weighted by Gasteiger charge is 2.27. The van der Waals surface area contributed by atoms with E-state index in [2.05, 4.69) is 62.5 Å². The van der Waals surface area contributed by atoms with Crippen molar-refractivity contribution in [2.75, 3.05) is 47.5 Å². The van der Waals surface area contributed by atoms with Crippen molar-refractivity contribution >= 4 is 19.8 Å². The van der Waals surface area contributed by atoms with Gasteiger partial charge in [-0.3, -0.25) is 18.6 Å². The van der Waals surface area contributed by atoms with Crippen molar-refractivity contribution < 1.29 is 42.1 Å². The first-order valence-electron chi connectivity index (χ1n) is 31.4. The molecule has 0 amide bonds. The number of carbonyl (C=O) groups excluding carboxylic acids is 2. The van der Waals surface area contributed by atoms with E-state index in [4.69, 9.17) is 18.5 Å². The molecule has 0 radical (unpaired) electrons. The van der Waals surface area contributed by atoms with Crippen molar-refractivity contribution in [2.24, 2.45) is 0 Å². The molecule has 0 saturated carbocycles. The Morgan fingerprint density at radius 2 is 0.770 bits per heavy atom. The lowest BCUT2D eigenvalue weighted by Crippen LogP contribution is -2.37. The molecule has 0 aliphatic carbocycles. The van der Waals surface area contributed by atoms with Crippen LogP contribution in [0.5, 0.6) is 0 Å². The van der Waals surface area contributed by atoms with Gasteiger partial charge in [0.2, 0.25) is 0 Å². The lowest BCUT2D eigenvalue weighted by atomic mass is 10.0. The third-order valence-electron chi connectivity index (χ3n) is 13.9. The van der Waals surface area contributed by atoms with Gasteiger partial charge in [0.05, 0.1) is 27.7 Å². The number of hydrogen-bond acceptors (Lipinski definition) is 7. The molecule has 0 aromatic rings. The highest BCUT2D eigenvalue weighted by atomic mass is 31.2. The summed E-state index contributed by atoms with van der Waals surface area (Å²) >= 11 is 0. The number of phosphoric acid groups is 1. The quantitative estimate of drug-likeness (QED) is 0.0211. The van der Waals surface area contributed by atoms with E-state index in [1.54, 1.807) is 0 Å². The number of phosphoric ester groups is 1. The summed E-state index contributed by atoms with van der Waals surface area (Å²) in [6.07, 6.45) is 70.5. The second-order valence-corrected chi connectivity index (χ2v) is 23.9. The fourth-order valence-electron chi connectivity index (χ4n) is 9.07. The van der Waals surface area contributed by atoms with E-state index in [1.807, 2.05) is 21.1 Å². The number of ether oxygens (including phenoxy) is 2. The van der Waals surface area contributed by atoms with Crippen LogP contribution in [-0.2, 0) is 32.7 Å². The molecule has 2 atom stereocenters. The predicted octanol–water partition coefficient (Wildman–Crippen LogP) is 19.7. The van der Waals surface area contributed by atoms with Crippen LogP contribution >= 0.6 is 7.82 Å². The highest BCUT2D eigenvalue weighted by molar-refractivity contribution is 7.47. The zero-order valence-electron chi connectivity index (χ0n) is 49.3. The van der Waals surface area contributed by atoms with Crippen molar-refractivity contribution in [3.8, 4) is 0 Å². The summed E-state index contributed by atoms with van der Waals surface area (Å²) in [5.41, 5.74) is 0. The molecule has 0 aromatic heterocycles. The largest absolute Gasteiger partial charge is 0.472 e. The molecule has 10 heteroatoms. The van der Waals surface area contributed by atoms with Gasteiger partial charge in [0, 0.05) is 12.8 Å². The number of unbranched alkanes of at least 4 members (excludes halogenated alkanes) is 36. The second kappa shape index (κ2) is 55.7. The number of rotatable bonds is 58. The van der Waals surface area contributed by atoms with Gasteiger partial charge in [-0.25, -0.2) is 4.57 Å². The Bertz CT molecular complexity index is 1390. The lowest BCUT2D eigenvalue weighted by Gasteiger charge is -2.24. The molecule has 9 nitrogen and oxygen atoms in total. The molecule has 0 aromatic carbocycles. The fourth-order valence-corrected chi connectivity index (χ4v) is 9.81. The second-order valence-electron chi connectivity index (χ2n) is 22.4. The average molecular weight is 1060 g/mol. The molecule has 0 aliphatic rings. The molecule has 2 unspecified atom stereocenters. The smallest absolute Gasteiger partial charge is 0.462 e. The van der Waals surface area contributed by atoms with Gasteiger partial charge in [0.15, 0.2) is 6.10 Å². The summed E-state index contributed by atoms with van der Waals surface area (Å²) in [7, 11) is 1.49. The van der Waals surface area contributed by atoms with Crippen LogP contribution in [0.3, 0.4) is 0 Å². The van der Waals surface area contributed by atoms with Gasteiger partial charge >= 0.3 is 19.8 Å². The third kappa shape index (κ3) is 59.2. The maximum absolute atomic E-state index is 12.8. The zero-order chi connectivity index (χ0) is 54.2. The van der Waals surface area contributed by atoms with E-state index in [0.717, 1.165) is 64.2 Å². The summed E-state index contributed by atoms with van der Waals surface area (Å²) in [4.78, 5) is 35.8. The van der Waals surface area contributed by atoms with Crippen LogP contribution < -0.4 is 0 Å². The number of esters is 2. The van der Waals surface area contributed by atoms with E-state index in [9.17, 15) is 19.0 Å². The fraction of sp³-hybridized carbons (Fsp3) is 0.844. The normalized spacial score (nSPS) is 13.5. The highest BCUT2D eigenvalue weighted by Crippen LogP contribution is 2.43. The van der Waals surface area contributed by atoms with Crippen molar-refractivity contribution in [1.82, 2.24) is 0 Å². The minimum absolute atomic E-state index is 0.0323. The Labute approximate surface area is 458 Å². The van der Waals surface area contributed by atoms with Crippen LogP contribution in [0.15, 0.2) is 48.6 Å². The molecule has 0 aliphatic heterocycles. The zero-order valence-corrected chi connectivity index (χ0v) is 50.2. The number of carbonyl (C=O) groups is 2. The third-order valence-corrected chi connectivity index (χ3v) is 14.9. The Kier molecular flexibility index (Phi) is 54.2. The topological polar surface area (TPSA) is 108 Å². The number of likely N-dealkylation sites (N-methyl/N-ethyl adjacent to an activating group) is 1. The Hall–Kier alpha value is -2.03. The number of allylic oxidation sites excluding steroid dienone is 8.